The summed E-state index contributed by atoms with van der Waals surface area (Å²) in [4.78, 5) is 23.5. The summed E-state index contributed by atoms with van der Waals surface area (Å²) in [5.41, 5.74) is 1.69. The fourth-order valence-electron chi connectivity index (χ4n) is 1.69. The topological polar surface area (TPSA) is 86.3 Å². The van der Waals surface area contributed by atoms with Gasteiger partial charge in [0.05, 0.1) is 18.1 Å². The number of aromatic amines is 1. The highest BCUT2D eigenvalue weighted by atomic mass is 16.4. The molecule has 2 N–H and O–H groups in total. The Morgan fingerprint density at radius 2 is 2.22 bits per heavy atom. The van der Waals surface area contributed by atoms with Crippen molar-refractivity contribution in [1.29, 1.82) is 0 Å². The van der Waals surface area contributed by atoms with Gasteiger partial charge in [-0.1, -0.05) is 12.1 Å². The van der Waals surface area contributed by atoms with Crippen LogP contribution >= 0.6 is 0 Å². The molecule has 0 atom stereocenters. The van der Waals surface area contributed by atoms with Crippen LogP contribution in [0.3, 0.4) is 0 Å². The SMILES string of the molecule is CN(CC(=O)O)C(=O)Cc1ccc2cn[nH]c2c1. The standard InChI is InChI=1S/C12H13N3O3/c1-15(7-12(17)18)11(16)5-8-2-3-9-6-13-14-10(9)4-8/h2-4,6H,5,7H2,1H3,(H,13,14)(H,17,18). The number of H-pyrrole nitrogens is 1. The normalized spacial score (nSPS) is 10.5. The van der Waals surface area contributed by atoms with Crippen molar-refractivity contribution in [1.82, 2.24) is 15.1 Å². The van der Waals surface area contributed by atoms with Gasteiger partial charge in [0.15, 0.2) is 0 Å². The summed E-state index contributed by atoms with van der Waals surface area (Å²) < 4.78 is 0. The smallest absolute Gasteiger partial charge is 0.323 e. The van der Waals surface area contributed by atoms with Gasteiger partial charge in [0.1, 0.15) is 6.54 Å². The number of aromatic nitrogens is 2. The molecule has 6 heteroatoms. The number of hydrogen-bond donors (Lipinski definition) is 2. The van der Waals surface area contributed by atoms with Crippen LogP contribution in [-0.2, 0) is 16.0 Å². The van der Waals surface area contributed by atoms with E-state index in [1.165, 1.54) is 11.9 Å². The first kappa shape index (κ1) is 12.1. The summed E-state index contributed by atoms with van der Waals surface area (Å²) in [6.07, 6.45) is 1.89. The molecule has 0 spiro atoms. The van der Waals surface area contributed by atoms with E-state index >= 15 is 0 Å². The minimum absolute atomic E-state index is 0.179. The van der Waals surface area contributed by atoms with E-state index in [9.17, 15) is 9.59 Å². The summed E-state index contributed by atoms with van der Waals surface area (Å²) >= 11 is 0. The van der Waals surface area contributed by atoms with Gasteiger partial charge in [-0.15, -0.1) is 0 Å². The quantitative estimate of drug-likeness (QED) is 0.830. The van der Waals surface area contributed by atoms with Gasteiger partial charge in [0.25, 0.3) is 0 Å². The van der Waals surface area contributed by atoms with Crippen molar-refractivity contribution in [3.05, 3.63) is 30.0 Å². The van der Waals surface area contributed by atoms with Crippen LogP contribution in [0.2, 0.25) is 0 Å². The Morgan fingerprint density at radius 3 is 2.94 bits per heavy atom. The van der Waals surface area contributed by atoms with E-state index in [0.717, 1.165) is 16.5 Å². The number of fused-ring (bicyclic) bond motifs is 1. The molecule has 0 saturated carbocycles. The fourth-order valence-corrected chi connectivity index (χ4v) is 1.69. The molecule has 0 aliphatic carbocycles. The van der Waals surface area contributed by atoms with Gasteiger partial charge in [-0.3, -0.25) is 14.7 Å². The summed E-state index contributed by atoms with van der Waals surface area (Å²) in [7, 11) is 1.48. The number of rotatable bonds is 4. The minimum Gasteiger partial charge on any atom is -0.480 e. The number of carboxylic acid groups (broad SMARTS) is 1. The second-order valence-electron chi connectivity index (χ2n) is 4.11. The summed E-state index contributed by atoms with van der Waals surface area (Å²) in [6, 6.07) is 5.55. The van der Waals surface area contributed by atoms with Crippen molar-refractivity contribution in [2.24, 2.45) is 0 Å². The zero-order chi connectivity index (χ0) is 13.1. The van der Waals surface area contributed by atoms with Crippen molar-refractivity contribution < 1.29 is 14.7 Å². The number of carboxylic acids is 1. The zero-order valence-corrected chi connectivity index (χ0v) is 9.88. The van der Waals surface area contributed by atoms with E-state index in [4.69, 9.17) is 5.11 Å². The van der Waals surface area contributed by atoms with Crippen molar-refractivity contribution in [2.75, 3.05) is 13.6 Å². The molecule has 94 valence electrons. The van der Waals surface area contributed by atoms with Gasteiger partial charge in [0, 0.05) is 12.4 Å². The van der Waals surface area contributed by atoms with Crippen molar-refractivity contribution in [3.8, 4) is 0 Å². The first-order valence-corrected chi connectivity index (χ1v) is 5.44. The summed E-state index contributed by atoms with van der Waals surface area (Å²) in [5.74, 6) is -1.24. The first-order chi connectivity index (χ1) is 8.56. The molecular formula is C12H13N3O3. The van der Waals surface area contributed by atoms with Crippen LogP contribution in [0, 0.1) is 0 Å². The molecule has 0 aliphatic rings. The van der Waals surface area contributed by atoms with Crippen LogP contribution in [0.25, 0.3) is 10.9 Å². The van der Waals surface area contributed by atoms with Gasteiger partial charge in [0.2, 0.25) is 5.91 Å². The average Bonchev–Trinajstić information content (AvgIpc) is 2.75. The Bertz CT molecular complexity index is 591. The molecule has 6 nitrogen and oxygen atoms in total. The van der Waals surface area contributed by atoms with Gasteiger partial charge >= 0.3 is 5.97 Å². The van der Waals surface area contributed by atoms with Crippen LogP contribution < -0.4 is 0 Å². The highest BCUT2D eigenvalue weighted by molar-refractivity contribution is 5.84. The molecule has 0 bridgehead atoms. The van der Waals surface area contributed by atoms with E-state index in [-0.39, 0.29) is 18.9 Å². The predicted molar refractivity (Wildman–Crippen MR) is 65.1 cm³/mol. The molecule has 0 aliphatic heterocycles. The van der Waals surface area contributed by atoms with Gasteiger partial charge in [-0.2, -0.15) is 5.10 Å². The maximum atomic E-state index is 11.8. The van der Waals surface area contributed by atoms with Gasteiger partial charge in [-0.25, -0.2) is 0 Å². The van der Waals surface area contributed by atoms with Crippen molar-refractivity contribution in [2.45, 2.75) is 6.42 Å². The lowest BCUT2D eigenvalue weighted by Gasteiger charge is -2.14. The molecule has 0 radical (unpaired) electrons. The number of carbonyl (C=O) groups excluding carboxylic acids is 1. The summed E-state index contributed by atoms with van der Waals surface area (Å²) in [5, 5.41) is 16.3. The predicted octanol–water partition coefficient (Wildman–Crippen LogP) is 0.648. The third-order valence-corrected chi connectivity index (χ3v) is 2.66. The molecule has 1 amide bonds. The Labute approximate surface area is 103 Å². The van der Waals surface area contributed by atoms with Crippen LogP contribution in [0.5, 0.6) is 0 Å². The average molecular weight is 247 g/mol. The molecule has 1 aromatic carbocycles. The number of nitrogens with zero attached hydrogens (tertiary/aromatic N) is 2. The molecule has 18 heavy (non-hydrogen) atoms. The maximum absolute atomic E-state index is 11.8. The van der Waals surface area contributed by atoms with Crippen LogP contribution in [0.1, 0.15) is 5.56 Å². The molecule has 2 aromatic rings. The lowest BCUT2D eigenvalue weighted by Crippen LogP contribution is -2.33. The first-order valence-electron chi connectivity index (χ1n) is 5.44. The Balaban J connectivity index is 2.08. The minimum atomic E-state index is -1.02. The maximum Gasteiger partial charge on any atom is 0.323 e. The third-order valence-electron chi connectivity index (χ3n) is 2.66. The number of carbonyl (C=O) groups is 2. The fraction of sp³-hybridized carbons (Fsp3) is 0.250. The molecule has 0 saturated heterocycles. The zero-order valence-electron chi connectivity index (χ0n) is 9.88. The second kappa shape index (κ2) is 4.87. The second-order valence-corrected chi connectivity index (χ2v) is 4.11. The van der Waals surface area contributed by atoms with Gasteiger partial charge < -0.3 is 10.0 Å². The number of benzene rings is 1. The number of aliphatic carboxylic acids is 1. The van der Waals surface area contributed by atoms with Gasteiger partial charge in [-0.05, 0) is 11.6 Å². The lowest BCUT2D eigenvalue weighted by atomic mass is 10.1. The molecule has 2 rings (SSSR count). The highest BCUT2D eigenvalue weighted by Gasteiger charge is 2.12. The molecule has 1 heterocycles. The Morgan fingerprint density at radius 1 is 1.44 bits per heavy atom. The lowest BCUT2D eigenvalue weighted by molar-refractivity contribution is -0.143. The van der Waals surface area contributed by atoms with Crippen molar-refractivity contribution >= 4 is 22.8 Å². The van der Waals surface area contributed by atoms with E-state index in [0.29, 0.717) is 0 Å². The third kappa shape index (κ3) is 2.65. The number of nitrogens with one attached hydrogen (secondary N) is 1. The largest absolute Gasteiger partial charge is 0.480 e. The Kier molecular flexibility index (Phi) is 3.27. The van der Waals surface area contributed by atoms with E-state index in [1.54, 1.807) is 6.20 Å². The monoisotopic (exact) mass is 247 g/mol. The van der Waals surface area contributed by atoms with Crippen molar-refractivity contribution in [3.63, 3.8) is 0 Å². The molecule has 1 aromatic heterocycles. The van der Waals surface area contributed by atoms with E-state index in [1.807, 2.05) is 18.2 Å². The van der Waals surface area contributed by atoms with Crippen LogP contribution in [-0.4, -0.2) is 45.7 Å². The Hall–Kier alpha value is -2.37. The molecule has 0 unspecified atom stereocenters. The highest BCUT2D eigenvalue weighted by Crippen LogP contribution is 2.13. The summed E-state index contributed by atoms with van der Waals surface area (Å²) in [6.45, 7) is -0.287. The van der Waals surface area contributed by atoms with Crippen LogP contribution in [0.15, 0.2) is 24.4 Å². The molecular weight excluding hydrogens is 234 g/mol. The number of hydrogen-bond acceptors (Lipinski definition) is 3. The number of likely N-dealkylation sites (N-methyl/N-ethyl adjacent to an activating group) is 1. The number of amides is 1. The molecule has 0 fully saturated rings. The van der Waals surface area contributed by atoms with E-state index in [2.05, 4.69) is 10.2 Å². The van der Waals surface area contributed by atoms with E-state index < -0.39 is 5.97 Å². The van der Waals surface area contributed by atoms with Crippen LogP contribution in [0.4, 0.5) is 0 Å².